The Balaban J connectivity index is 2.64. The van der Waals surface area contributed by atoms with Gasteiger partial charge in [-0.25, -0.2) is 0 Å². The summed E-state index contributed by atoms with van der Waals surface area (Å²) in [7, 11) is 0. The van der Waals surface area contributed by atoms with Crippen LogP contribution < -0.4 is 10.1 Å². The minimum absolute atomic E-state index is 0.109. The molecule has 0 fully saturated rings. The van der Waals surface area contributed by atoms with Crippen molar-refractivity contribution in [3.8, 4) is 5.75 Å². The second-order valence-corrected chi connectivity index (χ2v) is 6.56. The fourth-order valence-electron chi connectivity index (χ4n) is 1.29. The number of benzene rings is 1. The predicted octanol–water partition coefficient (Wildman–Crippen LogP) is 4.47. The molecule has 0 radical (unpaired) electrons. The van der Waals surface area contributed by atoms with E-state index < -0.39 is 0 Å². The molecular weight excluding hydrogens is 314 g/mol. The third kappa shape index (κ3) is 5.89. The van der Waals surface area contributed by atoms with Crippen molar-refractivity contribution in [2.75, 3.05) is 6.61 Å². The first-order chi connectivity index (χ1) is 8.28. The quantitative estimate of drug-likeness (QED) is 0.859. The van der Waals surface area contributed by atoms with E-state index in [1.54, 1.807) is 0 Å². The summed E-state index contributed by atoms with van der Waals surface area (Å²) in [6, 6.07) is 6.02. The van der Waals surface area contributed by atoms with E-state index in [9.17, 15) is 0 Å². The predicted molar refractivity (Wildman–Crippen MR) is 81.2 cm³/mol. The fourth-order valence-corrected chi connectivity index (χ4v) is 1.89. The van der Waals surface area contributed by atoms with E-state index in [2.05, 4.69) is 48.6 Å². The second-order valence-electron chi connectivity index (χ2n) is 5.17. The molecule has 0 saturated carbocycles. The Bertz CT molecular complexity index is 426. The van der Waals surface area contributed by atoms with Gasteiger partial charge < -0.3 is 10.1 Å². The van der Waals surface area contributed by atoms with Crippen LogP contribution in [0.4, 0.5) is 0 Å². The highest BCUT2D eigenvalue weighted by Gasteiger charge is 2.09. The zero-order chi connectivity index (χ0) is 13.8. The van der Waals surface area contributed by atoms with Gasteiger partial charge in [0.1, 0.15) is 12.4 Å². The van der Waals surface area contributed by atoms with Crippen LogP contribution in [0.25, 0.3) is 0 Å². The maximum Gasteiger partial charge on any atom is 0.134 e. The topological polar surface area (TPSA) is 21.3 Å². The number of hydrogen-bond donors (Lipinski definition) is 1. The van der Waals surface area contributed by atoms with Crippen molar-refractivity contribution >= 4 is 27.5 Å². The number of hydrogen-bond acceptors (Lipinski definition) is 2. The molecule has 1 rings (SSSR count). The third-order valence-corrected chi connectivity index (χ3v) is 2.93. The lowest BCUT2D eigenvalue weighted by molar-refractivity contribution is 0.357. The van der Waals surface area contributed by atoms with Crippen LogP contribution in [0.2, 0.25) is 0 Å². The molecule has 0 atom stereocenters. The van der Waals surface area contributed by atoms with Crippen LogP contribution >= 0.6 is 27.5 Å². The molecule has 0 spiro atoms. The zero-order valence-electron chi connectivity index (χ0n) is 11.0. The van der Waals surface area contributed by atoms with E-state index in [-0.39, 0.29) is 5.54 Å². The molecule has 0 aromatic heterocycles. The molecule has 2 nitrogen and oxygen atoms in total. The van der Waals surface area contributed by atoms with Crippen molar-refractivity contribution in [3.05, 3.63) is 39.8 Å². The Hall–Kier alpha value is -0.510. The van der Waals surface area contributed by atoms with Gasteiger partial charge in [0.25, 0.3) is 0 Å². The third-order valence-electron chi connectivity index (χ3n) is 2.20. The summed E-state index contributed by atoms with van der Waals surface area (Å²) >= 11 is 9.16. The zero-order valence-corrected chi connectivity index (χ0v) is 13.4. The molecule has 0 amide bonds. The minimum atomic E-state index is 0.109. The second kappa shape index (κ2) is 6.60. The van der Waals surface area contributed by atoms with E-state index in [4.69, 9.17) is 16.3 Å². The summed E-state index contributed by atoms with van der Waals surface area (Å²) in [5.41, 5.74) is 1.31. The number of ether oxygens (including phenoxy) is 1. The Morgan fingerprint density at radius 1 is 1.44 bits per heavy atom. The highest BCUT2D eigenvalue weighted by atomic mass is 79.9. The molecule has 1 aromatic rings. The lowest BCUT2D eigenvalue weighted by Gasteiger charge is -2.20. The molecule has 0 aliphatic heterocycles. The summed E-state index contributed by atoms with van der Waals surface area (Å²) in [5.74, 6) is 0.774. The molecule has 100 valence electrons. The molecule has 0 heterocycles. The summed E-state index contributed by atoms with van der Waals surface area (Å²) < 4.78 is 6.42. The van der Waals surface area contributed by atoms with Gasteiger partial charge >= 0.3 is 0 Å². The summed E-state index contributed by atoms with van der Waals surface area (Å²) in [5, 5.41) is 3.92. The first-order valence-electron chi connectivity index (χ1n) is 5.77. The van der Waals surface area contributed by atoms with Crippen molar-refractivity contribution < 1.29 is 4.74 Å². The Morgan fingerprint density at radius 2 is 2.11 bits per heavy atom. The molecule has 0 aliphatic rings. The van der Waals surface area contributed by atoms with Crippen LogP contribution in [0, 0.1) is 0 Å². The highest BCUT2D eigenvalue weighted by Crippen LogP contribution is 2.26. The van der Waals surface area contributed by atoms with Crippen molar-refractivity contribution in [2.45, 2.75) is 32.9 Å². The van der Waals surface area contributed by atoms with Gasteiger partial charge in [0.15, 0.2) is 0 Å². The van der Waals surface area contributed by atoms with Gasteiger partial charge in [-0.05, 0) is 54.4 Å². The minimum Gasteiger partial charge on any atom is -0.487 e. The summed E-state index contributed by atoms with van der Waals surface area (Å²) in [6.45, 7) is 11.2. The molecular formula is C14H19BrClNO. The van der Waals surface area contributed by atoms with E-state index in [1.165, 1.54) is 5.56 Å². The maximum atomic E-state index is 5.67. The molecule has 0 unspecified atom stereocenters. The summed E-state index contributed by atoms with van der Waals surface area (Å²) in [4.78, 5) is 0. The van der Waals surface area contributed by atoms with Crippen molar-refractivity contribution in [1.82, 2.24) is 5.32 Å². The van der Waals surface area contributed by atoms with Gasteiger partial charge in [0.05, 0.1) is 4.47 Å². The lowest BCUT2D eigenvalue weighted by Crippen LogP contribution is -2.35. The van der Waals surface area contributed by atoms with E-state index in [1.807, 2.05) is 18.2 Å². The first kappa shape index (κ1) is 15.5. The molecule has 18 heavy (non-hydrogen) atoms. The van der Waals surface area contributed by atoms with Crippen LogP contribution in [0.5, 0.6) is 5.75 Å². The van der Waals surface area contributed by atoms with Gasteiger partial charge in [0.2, 0.25) is 0 Å². The number of rotatable bonds is 5. The Labute approximate surface area is 122 Å². The van der Waals surface area contributed by atoms with Crippen LogP contribution in [-0.2, 0) is 6.54 Å². The normalized spacial score (nSPS) is 11.4. The lowest BCUT2D eigenvalue weighted by atomic mass is 10.1. The standard InChI is InChI=1S/C14H19BrClNO/c1-10(16)9-18-13-6-5-11(7-12(13)15)8-17-14(2,3)4/h5-7,17H,1,8-9H2,2-4H3. The Kier molecular flexibility index (Phi) is 5.70. The first-order valence-corrected chi connectivity index (χ1v) is 6.94. The average molecular weight is 333 g/mol. The Morgan fingerprint density at radius 3 is 2.61 bits per heavy atom. The van der Waals surface area contributed by atoms with Crippen LogP contribution in [0.3, 0.4) is 0 Å². The van der Waals surface area contributed by atoms with E-state index in [0.29, 0.717) is 11.6 Å². The SMILES string of the molecule is C=C(Cl)COc1ccc(CNC(C)(C)C)cc1Br. The van der Waals surface area contributed by atoms with E-state index in [0.717, 1.165) is 16.8 Å². The highest BCUT2D eigenvalue weighted by molar-refractivity contribution is 9.10. The molecule has 1 N–H and O–H groups in total. The molecule has 4 heteroatoms. The smallest absolute Gasteiger partial charge is 0.134 e. The van der Waals surface area contributed by atoms with Crippen LogP contribution in [0.1, 0.15) is 26.3 Å². The number of nitrogens with one attached hydrogen (secondary N) is 1. The van der Waals surface area contributed by atoms with Crippen molar-refractivity contribution in [1.29, 1.82) is 0 Å². The van der Waals surface area contributed by atoms with Crippen molar-refractivity contribution in [2.24, 2.45) is 0 Å². The monoisotopic (exact) mass is 331 g/mol. The number of halogens is 2. The summed E-state index contributed by atoms with van der Waals surface area (Å²) in [6.07, 6.45) is 0. The van der Waals surface area contributed by atoms with Crippen molar-refractivity contribution in [3.63, 3.8) is 0 Å². The van der Waals surface area contributed by atoms with Gasteiger partial charge in [0, 0.05) is 17.1 Å². The van der Waals surface area contributed by atoms with Gasteiger partial charge in [-0.3, -0.25) is 0 Å². The van der Waals surface area contributed by atoms with Crippen LogP contribution in [0.15, 0.2) is 34.3 Å². The largest absolute Gasteiger partial charge is 0.487 e. The fraction of sp³-hybridized carbons (Fsp3) is 0.429. The molecule has 0 aliphatic carbocycles. The van der Waals surface area contributed by atoms with Gasteiger partial charge in [-0.1, -0.05) is 24.2 Å². The van der Waals surface area contributed by atoms with Gasteiger partial charge in [-0.15, -0.1) is 0 Å². The van der Waals surface area contributed by atoms with E-state index >= 15 is 0 Å². The van der Waals surface area contributed by atoms with Crippen LogP contribution in [-0.4, -0.2) is 12.1 Å². The molecule has 1 aromatic carbocycles. The average Bonchev–Trinajstić information content (AvgIpc) is 2.24. The maximum absolute atomic E-state index is 5.67. The molecule has 0 bridgehead atoms. The van der Waals surface area contributed by atoms with Gasteiger partial charge in [-0.2, -0.15) is 0 Å². The molecule has 0 saturated heterocycles.